The van der Waals surface area contributed by atoms with Gasteiger partial charge in [0, 0.05) is 36.7 Å². The molecule has 6 nitrogen and oxygen atoms in total. The minimum absolute atomic E-state index is 0.0304. The number of carbonyl (C=O) groups is 2. The zero-order chi connectivity index (χ0) is 21.8. The van der Waals surface area contributed by atoms with E-state index >= 15 is 0 Å². The lowest BCUT2D eigenvalue weighted by molar-refractivity contribution is -0.128. The molecular formula is C23H35FN2O4. The van der Waals surface area contributed by atoms with E-state index in [1.165, 1.54) is 31.7 Å². The van der Waals surface area contributed by atoms with E-state index in [2.05, 4.69) is 17.6 Å². The van der Waals surface area contributed by atoms with E-state index in [4.69, 9.17) is 14.6 Å². The highest BCUT2D eigenvalue weighted by atomic mass is 19.1. The Morgan fingerprint density at radius 2 is 1.93 bits per heavy atom. The van der Waals surface area contributed by atoms with Crippen molar-refractivity contribution in [2.75, 3.05) is 6.61 Å². The van der Waals surface area contributed by atoms with Crippen LogP contribution < -0.4 is 10.6 Å². The van der Waals surface area contributed by atoms with Crippen LogP contribution in [0.4, 0.5) is 4.39 Å². The third-order valence-electron chi connectivity index (χ3n) is 5.91. The molecule has 2 aliphatic carbocycles. The predicted molar refractivity (Wildman–Crippen MR) is 113 cm³/mol. The van der Waals surface area contributed by atoms with Crippen molar-refractivity contribution in [3.63, 3.8) is 0 Å². The molecule has 1 aromatic rings. The van der Waals surface area contributed by atoms with Crippen molar-refractivity contribution in [3.05, 3.63) is 35.6 Å². The molecular weight excluding hydrogens is 387 g/mol. The van der Waals surface area contributed by atoms with E-state index in [0.29, 0.717) is 11.6 Å². The highest BCUT2D eigenvalue weighted by molar-refractivity contribution is 5.78. The minimum atomic E-state index is -0.268. The second-order valence-corrected chi connectivity index (χ2v) is 8.09. The van der Waals surface area contributed by atoms with E-state index < -0.39 is 0 Å². The lowest BCUT2D eigenvalue weighted by atomic mass is 9.82. The molecule has 0 radical (unpaired) electrons. The standard InChI is InChI=1S/C22H33FN2O2.CH2O2/c1-2-13-27-21-12-11-16(14-20(21)25-18-8-4-5-9-18)22(26)24-15-17-7-3-6-10-19(17)23;2-1-3/h3,6-7,10,16,18,20-21,25H,2,4-5,8-9,11-15H2,1H3,(H,24,26);1H,(H,2,3)/t16-,20+,21+;/m0./s1. The summed E-state index contributed by atoms with van der Waals surface area (Å²) in [5.41, 5.74) is 0.534. The molecule has 2 fully saturated rings. The number of amides is 1. The Labute approximate surface area is 178 Å². The summed E-state index contributed by atoms with van der Waals surface area (Å²) in [5.74, 6) is -0.266. The van der Waals surface area contributed by atoms with Gasteiger partial charge in [-0.05, 0) is 44.6 Å². The Morgan fingerprint density at radius 1 is 1.23 bits per heavy atom. The Balaban J connectivity index is 0.00000101. The van der Waals surface area contributed by atoms with Gasteiger partial charge in [-0.15, -0.1) is 0 Å². The number of hydrogen-bond donors (Lipinski definition) is 3. The van der Waals surface area contributed by atoms with Crippen LogP contribution in [-0.2, 0) is 20.9 Å². The van der Waals surface area contributed by atoms with Gasteiger partial charge in [0.05, 0.1) is 6.10 Å². The number of hydrogen-bond acceptors (Lipinski definition) is 4. The van der Waals surface area contributed by atoms with Gasteiger partial charge in [-0.25, -0.2) is 4.39 Å². The van der Waals surface area contributed by atoms with Crippen molar-refractivity contribution in [2.24, 2.45) is 5.92 Å². The number of rotatable bonds is 8. The van der Waals surface area contributed by atoms with Crippen LogP contribution in [0.2, 0.25) is 0 Å². The molecule has 3 rings (SSSR count). The van der Waals surface area contributed by atoms with Crippen molar-refractivity contribution >= 4 is 12.4 Å². The van der Waals surface area contributed by atoms with Gasteiger partial charge < -0.3 is 20.5 Å². The Kier molecular flexibility index (Phi) is 10.8. The van der Waals surface area contributed by atoms with Crippen LogP contribution >= 0.6 is 0 Å². The molecule has 3 atom stereocenters. The van der Waals surface area contributed by atoms with Gasteiger partial charge >= 0.3 is 0 Å². The molecule has 30 heavy (non-hydrogen) atoms. The molecule has 3 N–H and O–H groups in total. The molecule has 0 bridgehead atoms. The summed E-state index contributed by atoms with van der Waals surface area (Å²) in [4.78, 5) is 21.0. The maximum atomic E-state index is 13.8. The number of halogens is 1. The number of benzene rings is 1. The summed E-state index contributed by atoms with van der Waals surface area (Å²) in [5, 5.41) is 13.6. The number of carboxylic acid groups (broad SMARTS) is 1. The van der Waals surface area contributed by atoms with E-state index in [-0.39, 0.29) is 42.8 Å². The fraction of sp³-hybridized carbons (Fsp3) is 0.652. The number of ether oxygens (including phenoxy) is 1. The van der Waals surface area contributed by atoms with Crippen LogP contribution in [0, 0.1) is 11.7 Å². The molecule has 2 aliphatic rings. The monoisotopic (exact) mass is 422 g/mol. The fourth-order valence-electron chi connectivity index (χ4n) is 4.39. The van der Waals surface area contributed by atoms with Gasteiger partial charge in [-0.3, -0.25) is 9.59 Å². The van der Waals surface area contributed by atoms with Crippen LogP contribution in [0.3, 0.4) is 0 Å². The first kappa shape index (κ1) is 24.3. The van der Waals surface area contributed by atoms with Gasteiger partial charge in [-0.1, -0.05) is 38.0 Å². The molecule has 0 saturated heterocycles. The maximum Gasteiger partial charge on any atom is 0.290 e. The summed E-state index contributed by atoms with van der Waals surface area (Å²) in [6, 6.07) is 7.40. The van der Waals surface area contributed by atoms with Crippen LogP contribution in [-0.4, -0.2) is 42.3 Å². The fourth-order valence-corrected chi connectivity index (χ4v) is 4.39. The molecule has 0 spiro atoms. The van der Waals surface area contributed by atoms with Gasteiger partial charge in [-0.2, -0.15) is 0 Å². The molecule has 168 valence electrons. The van der Waals surface area contributed by atoms with Gasteiger partial charge in [0.1, 0.15) is 5.82 Å². The van der Waals surface area contributed by atoms with Gasteiger partial charge in [0.2, 0.25) is 5.91 Å². The van der Waals surface area contributed by atoms with Crippen molar-refractivity contribution in [1.29, 1.82) is 0 Å². The summed E-state index contributed by atoms with van der Waals surface area (Å²) >= 11 is 0. The molecule has 0 aliphatic heterocycles. The van der Waals surface area contributed by atoms with Crippen LogP contribution in [0.25, 0.3) is 0 Å². The maximum absolute atomic E-state index is 13.8. The Morgan fingerprint density at radius 3 is 2.60 bits per heavy atom. The Bertz CT molecular complexity index is 652. The highest BCUT2D eigenvalue weighted by Gasteiger charge is 2.35. The van der Waals surface area contributed by atoms with Gasteiger partial charge in [0.15, 0.2) is 0 Å². The first-order valence-corrected chi connectivity index (χ1v) is 11.1. The SMILES string of the molecule is CCCO[C@@H]1CC[C@H](C(=O)NCc2ccccc2F)C[C@H]1NC1CCCC1.O=CO. The van der Waals surface area contributed by atoms with Crippen LogP contribution in [0.15, 0.2) is 24.3 Å². The number of carbonyl (C=O) groups excluding carboxylic acids is 1. The second kappa shape index (κ2) is 13.3. The summed E-state index contributed by atoms with van der Waals surface area (Å²) in [7, 11) is 0. The molecule has 0 aromatic heterocycles. The average molecular weight is 423 g/mol. The quantitative estimate of drug-likeness (QED) is 0.557. The first-order chi connectivity index (χ1) is 14.6. The van der Waals surface area contributed by atoms with E-state index in [0.717, 1.165) is 32.3 Å². The van der Waals surface area contributed by atoms with E-state index in [1.54, 1.807) is 18.2 Å². The summed E-state index contributed by atoms with van der Waals surface area (Å²) in [6.07, 6.45) is 8.77. The van der Waals surface area contributed by atoms with E-state index in [9.17, 15) is 9.18 Å². The molecule has 0 unspecified atom stereocenters. The third-order valence-corrected chi connectivity index (χ3v) is 5.91. The van der Waals surface area contributed by atoms with Gasteiger partial charge in [0.25, 0.3) is 6.47 Å². The third kappa shape index (κ3) is 7.69. The first-order valence-electron chi connectivity index (χ1n) is 11.1. The topological polar surface area (TPSA) is 87.7 Å². The van der Waals surface area contributed by atoms with Crippen LogP contribution in [0.1, 0.15) is 63.9 Å². The van der Waals surface area contributed by atoms with Crippen LogP contribution in [0.5, 0.6) is 0 Å². The van der Waals surface area contributed by atoms with E-state index in [1.807, 2.05) is 0 Å². The average Bonchev–Trinajstić information content (AvgIpc) is 3.25. The lowest BCUT2D eigenvalue weighted by Gasteiger charge is -2.37. The largest absolute Gasteiger partial charge is 0.483 e. The molecule has 7 heteroatoms. The second-order valence-electron chi connectivity index (χ2n) is 8.09. The van der Waals surface area contributed by atoms with Crippen molar-refractivity contribution in [1.82, 2.24) is 10.6 Å². The summed E-state index contributed by atoms with van der Waals surface area (Å²) in [6.45, 7) is 2.90. The smallest absolute Gasteiger partial charge is 0.290 e. The molecule has 1 amide bonds. The normalized spacial score (nSPS) is 24.0. The highest BCUT2D eigenvalue weighted by Crippen LogP contribution is 2.29. The molecule has 0 heterocycles. The molecule has 2 saturated carbocycles. The predicted octanol–water partition coefficient (Wildman–Crippen LogP) is 3.64. The zero-order valence-corrected chi connectivity index (χ0v) is 17.8. The number of nitrogens with one attached hydrogen (secondary N) is 2. The zero-order valence-electron chi connectivity index (χ0n) is 17.8. The Hall–Kier alpha value is -1.99. The molecule has 1 aromatic carbocycles. The van der Waals surface area contributed by atoms with Crippen molar-refractivity contribution in [2.45, 2.75) is 83.0 Å². The summed E-state index contributed by atoms with van der Waals surface area (Å²) < 4.78 is 19.8. The van der Waals surface area contributed by atoms with Crippen molar-refractivity contribution < 1.29 is 23.8 Å². The lowest BCUT2D eigenvalue weighted by Crippen LogP contribution is -2.51. The van der Waals surface area contributed by atoms with Crippen molar-refractivity contribution in [3.8, 4) is 0 Å². The minimum Gasteiger partial charge on any atom is -0.483 e.